The van der Waals surface area contributed by atoms with Gasteiger partial charge in [0.25, 0.3) is 0 Å². The molecule has 128 valence electrons. The molecule has 23 heavy (non-hydrogen) atoms. The van der Waals surface area contributed by atoms with Gasteiger partial charge in [-0.1, -0.05) is 0 Å². The first-order valence-corrected chi connectivity index (χ1v) is 9.68. The Labute approximate surface area is 143 Å². The van der Waals surface area contributed by atoms with Gasteiger partial charge in [0, 0.05) is 38.1 Å². The highest BCUT2D eigenvalue weighted by Crippen LogP contribution is 2.31. The van der Waals surface area contributed by atoms with Crippen molar-refractivity contribution in [3.05, 3.63) is 16.1 Å². The van der Waals surface area contributed by atoms with Crippen molar-refractivity contribution in [3.8, 4) is 0 Å². The molecule has 1 N–H and O–H groups in total. The van der Waals surface area contributed by atoms with Gasteiger partial charge in [0.15, 0.2) is 5.96 Å². The van der Waals surface area contributed by atoms with Crippen LogP contribution in [0.15, 0.2) is 10.4 Å². The number of aryl methyl sites for hydroxylation is 1. The largest absolute Gasteiger partial charge is 0.357 e. The molecule has 2 heterocycles. The highest BCUT2D eigenvalue weighted by atomic mass is 32.1. The van der Waals surface area contributed by atoms with Gasteiger partial charge in [-0.3, -0.25) is 4.99 Å². The fourth-order valence-electron chi connectivity index (χ4n) is 3.27. The molecule has 2 fully saturated rings. The van der Waals surface area contributed by atoms with E-state index in [2.05, 4.69) is 46.4 Å². The van der Waals surface area contributed by atoms with Gasteiger partial charge in [-0.2, -0.15) is 0 Å². The number of thiazole rings is 1. The Morgan fingerprint density at radius 1 is 1.48 bits per heavy atom. The van der Waals surface area contributed by atoms with Gasteiger partial charge < -0.3 is 15.1 Å². The van der Waals surface area contributed by atoms with Gasteiger partial charge in [-0.05, 0) is 45.6 Å². The van der Waals surface area contributed by atoms with E-state index in [-0.39, 0.29) is 0 Å². The average Bonchev–Trinajstić information content (AvgIpc) is 3.14. The van der Waals surface area contributed by atoms with Gasteiger partial charge >= 0.3 is 0 Å². The minimum Gasteiger partial charge on any atom is -0.357 e. The summed E-state index contributed by atoms with van der Waals surface area (Å²) in [6.07, 6.45) is 4.12. The average molecular weight is 336 g/mol. The molecule has 0 radical (unpaired) electrons. The highest BCUT2D eigenvalue weighted by Gasteiger charge is 2.34. The summed E-state index contributed by atoms with van der Waals surface area (Å²) in [7, 11) is 2.10. The topological polar surface area (TPSA) is 43.8 Å². The molecule has 1 aromatic rings. The molecule has 1 saturated carbocycles. The van der Waals surface area contributed by atoms with E-state index in [9.17, 15) is 0 Å². The quantitative estimate of drug-likeness (QED) is 0.640. The predicted molar refractivity (Wildman–Crippen MR) is 97.0 cm³/mol. The molecule has 0 spiro atoms. The fraction of sp³-hybridized carbons (Fsp3) is 0.765. The third-order valence-corrected chi connectivity index (χ3v) is 5.46. The van der Waals surface area contributed by atoms with Crippen LogP contribution in [0.5, 0.6) is 0 Å². The Morgan fingerprint density at radius 3 is 2.96 bits per heavy atom. The van der Waals surface area contributed by atoms with Crippen LogP contribution < -0.4 is 5.32 Å². The van der Waals surface area contributed by atoms with E-state index in [1.807, 2.05) is 0 Å². The lowest BCUT2D eigenvalue weighted by Crippen LogP contribution is -2.39. The third-order valence-electron chi connectivity index (χ3n) is 4.64. The van der Waals surface area contributed by atoms with Crippen LogP contribution in [-0.2, 0) is 6.54 Å². The Hall–Kier alpha value is -1.14. The number of rotatable bonds is 6. The number of aliphatic imine (C=N–C) groups is 1. The van der Waals surface area contributed by atoms with Crippen molar-refractivity contribution in [2.75, 3.05) is 33.2 Å². The summed E-state index contributed by atoms with van der Waals surface area (Å²) in [5.74, 6) is 1.72. The molecule has 2 aliphatic rings. The van der Waals surface area contributed by atoms with Crippen molar-refractivity contribution >= 4 is 17.3 Å². The highest BCUT2D eigenvalue weighted by molar-refractivity contribution is 7.09. The molecule has 1 saturated heterocycles. The summed E-state index contributed by atoms with van der Waals surface area (Å²) >= 11 is 1.71. The lowest BCUT2D eigenvalue weighted by Gasteiger charge is -2.22. The van der Waals surface area contributed by atoms with Crippen LogP contribution in [0.1, 0.15) is 36.9 Å². The SMILES string of the molecule is CCNC(=NCC1CCN(C2CC2)C1)N(C)Cc1csc(C)n1. The van der Waals surface area contributed by atoms with Crippen molar-refractivity contribution in [1.82, 2.24) is 20.1 Å². The maximum atomic E-state index is 4.89. The second-order valence-electron chi connectivity index (χ2n) is 6.79. The number of hydrogen-bond acceptors (Lipinski definition) is 4. The van der Waals surface area contributed by atoms with Gasteiger partial charge in [0.05, 0.1) is 17.2 Å². The van der Waals surface area contributed by atoms with Crippen molar-refractivity contribution in [1.29, 1.82) is 0 Å². The Bertz CT molecular complexity index is 537. The molecule has 6 heteroatoms. The Morgan fingerprint density at radius 2 is 2.30 bits per heavy atom. The number of likely N-dealkylation sites (tertiary alicyclic amines) is 1. The number of guanidine groups is 1. The van der Waals surface area contributed by atoms with Crippen molar-refractivity contribution in [3.63, 3.8) is 0 Å². The maximum Gasteiger partial charge on any atom is 0.194 e. The van der Waals surface area contributed by atoms with Crippen LogP contribution in [0, 0.1) is 12.8 Å². The number of nitrogens with zero attached hydrogens (tertiary/aromatic N) is 4. The van der Waals surface area contributed by atoms with Crippen LogP contribution in [0.3, 0.4) is 0 Å². The van der Waals surface area contributed by atoms with Gasteiger partial charge in [0.2, 0.25) is 0 Å². The van der Waals surface area contributed by atoms with E-state index >= 15 is 0 Å². The molecule has 5 nitrogen and oxygen atoms in total. The lowest BCUT2D eigenvalue weighted by molar-refractivity contribution is 0.315. The first kappa shape index (κ1) is 16.7. The number of nitrogens with one attached hydrogen (secondary N) is 1. The number of aromatic nitrogens is 1. The molecule has 1 aromatic heterocycles. The zero-order valence-corrected chi connectivity index (χ0v) is 15.4. The van der Waals surface area contributed by atoms with Gasteiger partial charge in [-0.15, -0.1) is 11.3 Å². The van der Waals surface area contributed by atoms with Crippen molar-refractivity contribution < 1.29 is 0 Å². The molecular weight excluding hydrogens is 306 g/mol. The van der Waals surface area contributed by atoms with Crippen LogP contribution in [0.4, 0.5) is 0 Å². The molecule has 0 aromatic carbocycles. The molecule has 0 bridgehead atoms. The first-order chi connectivity index (χ1) is 11.2. The fourth-order valence-corrected chi connectivity index (χ4v) is 3.87. The Balaban J connectivity index is 1.54. The zero-order chi connectivity index (χ0) is 16.2. The molecule has 1 aliphatic carbocycles. The molecule has 1 unspecified atom stereocenters. The van der Waals surface area contributed by atoms with E-state index in [1.165, 1.54) is 32.4 Å². The summed E-state index contributed by atoms with van der Waals surface area (Å²) in [6.45, 7) is 9.34. The van der Waals surface area contributed by atoms with Crippen LogP contribution in [0.2, 0.25) is 0 Å². The summed E-state index contributed by atoms with van der Waals surface area (Å²) in [6, 6.07) is 0.896. The van der Waals surface area contributed by atoms with Crippen molar-refractivity contribution in [2.24, 2.45) is 10.9 Å². The normalized spacial score (nSPS) is 22.6. The number of hydrogen-bond donors (Lipinski definition) is 1. The van der Waals surface area contributed by atoms with E-state index in [0.29, 0.717) is 0 Å². The predicted octanol–water partition coefficient (Wildman–Crippen LogP) is 2.33. The van der Waals surface area contributed by atoms with E-state index in [4.69, 9.17) is 4.99 Å². The lowest BCUT2D eigenvalue weighted by atomic mass is 10.1. The molecule has 0 amide bonds. The van der Waals surface area contributed by atoms with Gasteiger partial charge in [0.1, 0.15) is 0 Å². The summed E-state index contributed by atoms with van der Waals surface area (Å²) in [4.78, 5) is 14.3. The smallest absolute Gasteiger partial charge is 0.194 e. The minimum absolute atomic E-state index is 0.721. The van der Waals surface area contributed by atoms with E-state index in [0.717, 1.165) is 48.3 Å². The third kappa shape index (κ3) is 4.67. The zero-order valence-electron chi connectivity index (χ0n) is 14.6. The summed E-state index contributed by atoms with van der Waals surface area (Å²) < 4.78 is 0. The second-order valence-corrected chi connectivity index (χ2v) is 7.85. The Kier molecular flexibility index (Phi) is 5.54. The van der Waals surface area contributed by atoms with Crippen molar-refractivity contribution in [2.45, 2.75) is 45.7 Å². The maximum absolute atomic E-state index is 4.89. The molecule has 1 atom stereocenters. The second kappa shape index (κ2) is 7.62. The minimum atomic E-state index is 0.721. The molecule has 1 aliphatic heterocycles. The van der Waals surface area contributed by atoms with Crippen LogP contribution in [-0.4, -0.2) is 60.0 Å². The van der Waals surface area contributed by atoms with Crippen LogP contribution >= 0.6 is 11.3 Å². The van der Waals surface area contributed by atoms with E-state index in [1.54, 1.807) is 11.3 Å². The summed E-state index contributed by atoms with van der Waals surface area (Å²) in [5, 5.41) is 6.68. The van der Waals surface area contributed by atoms with Crippen LogP contribution in [0.25, 0.3) is 0 Å². The summed E-state index contributed by atoms with van der Waals surface area (Å²) in [5.41, 5.74) is 1.13. The first-order valence-electron chi connectivity index (χ1n) is 8.80. The molecular formula is C17H29N5S. The monoisotopic (exact) mass is 335 g/mol. The van der Waals surface area contributed by atoms with E-state index < -0.39 is 0 Å². The standard InChI is InChI=1S/C17H29N5S/c1-4-18-17(21(3)11-15-12-23-13(2)20-15)19-9-14-7-8-22(10-14)16-5-6-16/h12,14,16H,4-11H2,1-3H3,(H,18,19). The molecule has 3 rings (SSSR count). The van der Waals surface area contributed by atoms with Gasteiger partial charge in [-0.25, -0.2) is 4.98 Å².